The number of carbonyl (C=O) groups excluding carboxylic acids is 1. The number of esters is 1. The molecule has 10 heteroatoms. The van der Waals surface area contributed by atoms with Crippen molar-refractivity contribution in [2.45, 2.75) is 50.5 Å². The number of morpholine rings is 1. The first-order chi connectivity index (χ1) is 16.0. The molecule has 0 amide bonds. The van der Waals surface area contributed by atoms with Gasteiger partial charge in [-0.3, -0.25) is 0 Å². The zero-order valence-electron chi connectivity index (χ0n) is 19.0. The lowest BCUT2D eigenvalue weighted by molar-refractivity contribution is 0.0468. The highest BCUT2D eigenvalue weighted by atomic mass is 32.2. The van der Waals surface area contributed by atoms with Crippen molar-refractivity contribution in [3.8, 4) is 0 Å². The lowest BCUT2D eigenvalue weighted by atomic mass is 10.1. The molecule has 0 bridgehead atoms. The first kappa shape index (κ1) is 24.1. The van der Waals surface area contributed by atoms with E-state index in [4.69, 9.17) is 9.47 Å². The van der Waals surface area contributed by atoms with Gasteiger partial charge in [0.1, 0.15) is 6.61 Å². The largest absolute Gasteiger partial charge is 0.455 e. The Hall–Kier alpha value is -2.01. The van der Waals surface area contributed by atoms with Gasteiger partial charge in [0.05, 0.1) is 40.1 Å². The Bertz CT molecular complexity index is 1060. The van der Waals surface area contributed by atoms with E-state index in [1.165, 1.54) is 10.4 Å². The maximum absolute atomic E-state index is 13.2. The number of thiazole rings is 1. The molecule has 2 aliphatic heterocycles. The van der Waals surface area contributed by atoms with Crippen LogP contribution in [0.3, 0.4) is 0 Å². The number of carbonyl (C=O) groups is 1. The number of anilines is 1. The van der Waals surface area contributed by atoms with E-state index in [-0.39, 0.29) is 17.1 Å². The molecule has 0 aliphatic carbocycles. The Morgan fingerprint density at radius 2 is 1.91 bits per heavy atom. The van der Waals surface area contributed by atoms with Crippen molar-refractivity contribution in [1.82, 2.24) is 9.29 Å². The lowest BCUT2D eigenvalue weighted by Crippen LogP contribution is -2.38. The minimum atomic E-state index is -3.66. The van der Waals surface area contributed by atoms with Crippen LogP contribution in [-0.2, 0) is 32.5 Å². The highest BCUT2D eigenvalue weighted by molar-refractivity contribution is 7.89. The van der Waals surface area contributed by atoms with Crippen LogP contribution in [0.5, 0.6) is 0 Å². The van der Waals surface area contributed by atoms with E-state index in [0.29, 0.717) is 50.8 Å². The summed E-state index contributed by atoms with van der Waals surface area (Å²) in [5.41, 5.74) is 1.65. The van der Waals surface area contributed by atoms with Crippen LogP contribution in [0.4, 0.5) is 5.69 Å². The first-order valence-corrected chi connectivity index (χ1v) is 13.9. The number of aromatic nitrogens is 1. The lowest BCUT2D eigenvalue weighted by Gasteiger charge is -2.31. The first-order valence-electron chi connectivity index (χ1n) is 11.6. The second-order valence-corrected chi connectivity index (χ2v) is 11.2. The van der Waals surface area contributed by atoms with Crippen molar-refractivity contribution >= 4 is 33.0 Å². The van der Waals surface area contributed by atoms with Gasteiger partial charge in [-0.2, -0.15) is 4.31 Å². The summed E-state index contributed by atoms with van der Waals surface area (Å²) < 4.78 is 39.0. The molecule has 1 aromatic heterocycles. The van der Waals surface area contributed by atoms with Crippen LogP contribution in [0, 0.1) is 0 Å². The third kappa shape index (κ3) is 5.74. The van der Waals surface area contributed by atoms with Crippen LogP contribution in [-0.4, -0.2) is 63.1 Å². The number of piperidine rings is 1. The quantitative estimate of drug-likeness (QED) is 0.520. The Labute approximate surface area is 199 Å². The summed E-state index contributed by atoms with van der Waals surface area (Å²) in [6.45, 7) is 5.55. The van der Waals surface area contributed by atoms with Gasteiger partial charge in [-0.05, 0) is 43.9 Å². The van der Waals surface area contributed by atoms with Crippen LogP contribution >= 0.6 is 11.3 Å². The highest BCUT2D eigenvalue weighted by Gasteiger charge is 2.29. The molecule has 33 heavy (non-hydrogen) atoms. The fraction of sp³-hybridized carbons (Fsp3) is 0.565. The molecule has 180 valence electrons. The molecule has 1 aromatic carbocycles. The van der Waals surface area contributed by atoms with E-state index in [9.17, 15) is 13.2 Å². The van der Waals surface area contributed by atoms with E-state index in [1.807, 2.05) is 10.3 Å². The van der Waals surface area contributed by atoms with Crippen molar-refractivity contribution in [3.05, 3.63) is 39.8 Å². The summed E-state index contributed by atoms with van der Waals surface area (Å²) in [4.78, 5) is 19.8. The summed E-state index contributed by atoms with van der Waals surface area (Å²) >= 11 is 1.56. The Morgan fingerprint density at radius 1 is 1.15 bits per heavy atom. The third-order valence-corrected chi connectivity index (χ3v) is 8.76. The Morgan fingerprint density at radius 3 is 2.64 bits per heavy atom. The van der Waals surface area contributed by atoms with E-state index < -0.39 is 16.0 Å². The summed E-state index contributed by atoms with van der Waals surface area (Å²) in [7, 11) is -3.66. The topological polar surface area (TPSA) is 89.0 Å². The van der Waals surface area contributed by atoms with Crippen molar-refractivity contribution in [2.75, 3.05) is 44.3 Å². The molecule has 0 N–H and O–H groups in total. The van der Waals surface area contributed by atoms with Gasteiger partial charge >= 0.3 is 5.97 Å². The minimum Gasteiger partial charge on any atom is -0.455 e. The van der Waals surface area contributed by atoms with Gasteiger partial charge in [0, 0.05) is 31.6 Å². The molecule has 2 fully saturated rings. The van der Waals surface area contributed by atoms with E-state index in [1.54, 1.807) is 23.5 Å². The number of hydrogen-bond donors (Lipinski definition) is 0. The molecule has 0 unspecified atom stereocenters. The Kier molecular flexibility index (Phi) is 8.00. The second kappa shape index (κ2) is 10.9. The molecular weight excluding hydrogens is 462 g/mol. The van der Waals surface area contributed by atoms with Crippen LogP contribution in [0.2, 0.25) is 0 Å². The van der Waals surface area contributed by atoms with Gasteiger partial charge in [0.15, 0.2) is 0 Å². The normalized spacial score (nSPS) is 17.8. The van der Waals surface area contributed by atoms with Gasteiger partial charge in [-0.1, -0.05) is 13.3 Å². The summed E-state index contributed by atoms with van der Waals surface area (Å²) in [5, 5.41) is 2.92. The SMILES string of the molecule is CCCc1nc(COC(=O)c2cc(S(=O)(=O)N3CCCCC3)ccc2N2CCOCC2)cs1. The summed E-state index contributed by atoms with van der Waals surface area (Å²) in [6, 6.07) is 4.80. The van der Waals surface area contributed by atoms with Crippen molar-refractivity contribution in [3.63, 3.8) is 0 Å². The molecule has 2 saturated heterocycles. The second-order valence-electron chi connectivity index (χ2n) is 8.30. The fourth-order valence-electron chi connectivity index (χ4n) is 4.13. The molecule has 2 aliphatic rings. The van der Waals surface area contributed by atoms with Crippen molar-refractivity contribution in [2.24, 2.45) is 0 Å². The third-order valence-electron chi connectivity index (χ3n) is 5.91. The number of rotatable bonds is 8. The number of nitrogens with zero attached hydrogens (tertiary/aromatic N) is 3. The fourth-order valence-corrected chi connectivity index (χ4v) is 6.56. The molecule has 4 rings (SSSR count). The molecular formula is C23H31N3O5S2. The molecule has 0 atom stereocenters. The number of aryl methyl sites for hydroxylation is 1. The number of sulfonamides is 1. The van der Waals surface area contributed by atoms with E-state index in [0.717, 1.165) is 37.1 Å². The predicted molar refractivity (Wildman–Crippen MR) is 127 cm³/mol. The van der Waals surface area contributed by atoms with Gasteiger partial charge in [0.25, 0.3) is 0 Å². The highest BCUT2D eigenvalue weighted by Crippen LogP contribution is 2.29. The number of ether oxygens (including phenoxy) is 2. The molecule has 0 spiro atoms. The zero-order valence-corrected chi connectivity index (χ0v) is 20.6. The van der Waals surface area contributed by atoms with Gasteiger partial charge in [0.2, 0.25) is 10.0 Å². The predicted octanol–water partition coefficient (Wildman–Crippen LogP) is 3.46. The molecule has 2 aromatic rings. The van der Waals surface area contributed by atoms with Crippen LogP contribution in [0.15, 0.2) is 28.5 Å². The van der Waals surface area contributed by atoms with E-state index in [2.05, 4.69) is 11.9 Å². The number of benzene rings is 1. The van der Waals surface area contributed by atoms with Gasteiger partial charge < -0.3 is 14.4 Å². The minimum absolute atomic E-state index is 0.0602. The van der Waals surface area contributed by atoms with E-state index >= 15 is 0 Å². The standard InChI is InChI=1S/C23H31N3O5S2/c1-2-6-22-24-18(17-32-22)16-31-23(27)20-15-19(33(28,29)26-9-4-3-5-10-26)7-8-21(20)25-11-13-30-14-12-25/h7-8,15,17H,2-6,9-14,16H2,1H3. The zero-order chi connectivity index (χ0) is 23.3. The maximum atomic E-state index is 13.2. The maximum Gasteiger partial charge on any atom is 0.340 e. The van der Waals surface area contributed by atoms with Crippen molar-refractivity contribution < 1.29 is 22.7 Å². The van der Waals surface area contributed by atoms with Gasteiger partial charge in [-0.25, -0.2) is 18.2 Å². The smallest absolute Gasteiger partial charge is 0.340 e. The average Bonchev–Trinajstić information content (AvgIpc) is 3.31. The molecule has 0 saturated carbocycles. The van der Waals surface area contributed by atoms with Crippen LogP contribution < -0.4 is 4.90 Å². The molecule has 8 nitrogen and oxygen atoms in total. The van der Waals surface area contributed by atoms with Crippen LogP contribution in [0.25, 0.3) is 0 Å². The average molecular weight is 494 g/mol. The Balaban J connectivity index is 1.59. The number of hydrogen-bond acceptors (Lipinski definition) is 8. The van der Waals surface area contributed by atoms with Crippen LogP contribution in [0.1, 0.15) is 53.7 Å². The van der Waals surface area contributed by atoms with Crippen molar-refractivity contribution in [1.29, 1.82) is 0 Å². The monoisotopic (exact) mass is 493 g/mol. The summed E-state index contributed by atoms with van der Waals surface area (Å²) in [5.74, 6) is -0.544. The summed E-state index contributed by atoms with van der Waals surface area (Å²) in [6.07, 6.45) is 4.65. The molecule has 3 heterocycles. The van der Waals surface area contributed by atoms with Gasteiger partial charge in [-0.15, -0.1) is 11.3 Å². The molecule has 0 radical (unpaired) electrons.